The van der Waals surface area contributed by atoms with Crippen LogP contribution in [0.1, 0.15) is 29.3 Å². The third-order valence-electron chi connectivity index (χ3n) is 5.03. The molecule has 2 aromatic carbocycles. The Morgan fingerprint density at radius 1 is 1.22 bits per heavy atom. The van der Waals surface area contributed by atoms with Crippen LogP contribution < -0.4 is 4.90 Å². The monoisotopic (exact) mass is 388 g/mol. The van der Waals surface area contributed by atoms with Gasteiger partial charge in [0.25, 0.3) is 15.9 Å². The van der Waals surface area contributed by atoms with Gasteiger partial charge in [-0.3, -0.25) is 9.59 Å². The summed E-state index contributed by atoms with van der Waals surface area (Å²) in [5.74, 6) is -1.61. The molecule has 140 valence electrons. The third-order valence-corrected chi connectivity index (χ3v) is 6.82. The molecule has 0 bridgehead atoms. The van der Waals surface area contributed by atoms with E-state index in [1.807, 2.05) is 6.92 Å². The molecule has 8 heteroatoms. The van der Waals surface area contributed by atoms with E-state index in [0.717, 1.165) is 0 Å². The summed E-state index contributed by atoms with van der Waals surface area (Å²) in [5.41, 5.74) is 1.32. The van der Waals surface area contributed by atoms with Crippen LogP contribution in [0.15, 0.2) is 47.4 Å². The summed E-state index contributed by atoms with van der Waals surface area (Å²) in [6.45, 7) is 1.26. The Morgan fingerprint density at radius 3 is 2.70 bits per heavy atom. The molecular formula is C19H17FN2O4S. The highest BCUT2D eigenvalue weighted by Gasteiger charge is 2.43. The molecule has 0 radical (unpaired) electrons. The van der Waals surface area contributed by atoms with Gasteiger partial charge in [-0.1, -0.05) is 12.1 Å². The standard InChI is InChI=1S/C19H17FN2O4S/c1-12-6-7-13-10-14(20)8-9-16(13)22(12)18(23)11-21-19(24)15-4-2-3-5-17(15)27(21,25)26/h2-5,8-10,12H,6-7,11H2,1H3/t12-/m0/s1. The van der Waals surface area contributed by atoms with Crippen LogP contribution in [0.3, 0.4) is 0 Å². The van der Waals surface area contributed by atoms with Crippen LogP contribution in [0.25, 0.3) is 0 Å². The minimum atomic E-state index is -4.05. The summed E-state index contributed by atoms with van der Waals surface area (Å²) in [6.07, 6.45) is 1.26. The number of aryl methyl sites for hydroxylation is 1. The Hall–Kier alpha value is -2.74. The van der Waals surface area contributed by atoms with Crippen LogP contribution in [-0.4, -0.2) is 37.1 Å². The quantitative estimate of drug-likeness (QED) is 0.792. The second-order valence-corrected chi connectivity index (χ2v) is 8.57. The maximum atomic E-state index is 13.5. The topological polar surface area (TPSA) is 74.8 Å². The van der Waals surface area contributed by atoms with Gasteiger partial charge in [0.05, 0.1) is 5.56 Å². The average molecular weight is 388 g/mol. The second kappa shape index (κ2) is 6.16. The van der Waals surface area contributed by atoms with Crippen molar-refractivity contribution in [2.75, 3.05) is 11.4 Å². The molecule has 0 saturated carbocycles. The first-order chi connectivity index (χ1) is 12.8. The van der Waals surface area contributed by atoms with Gasteiger partial charge in [0.2, 0.25) is 5.91 Å². The van der Waals surface area contributed by atoms with Gasteiger partial charge in [-0.15, -0.1) is 0 Å². The normalized spacial score (nSPS) is 20.4. The Bertz CT molecular complexity index is 1070. The predicted molar refractivity (Wildman–Crippen MR) is 96.3 cm³/mol. The lowest BCUT2D eigenvalue weighted by Gasteiger charge is -2.36. The smallest absolute Gasteiger partial charge is 0.269 e. The van der Waals surface area contributed by atoms with Crippen molar-refractivity contribution in [2.24, 2.45) is 0 Å². The SMILES string of the molecule is C[C@H]1CCc2cc(F)ccc2N1C(=O)CN1C(=O)c2ccccc2S1(=O)=O. The van der Waals surface area contributed by atoms with E-state index in [4.69, 9.17) is 0 Å². The molecule has 6 nitrogen and oxygen atoms in total. The fourth-order valence-electron chi connectivity index (χ4n) is 3.69. The number of fused-ring (bicyclic) bond motifs is 2. The molecule has 0 fully saturated rings. The van der Waals surface area contributed by atoms with Crippen molar-refractivity contribution in [3.63, 3.8) is 0 Å². The Morgan fingerprint density at radius 2 is 1.96 bits per heavy atom. The van der Waals surface area contributed by atoms with Gasteiger partial charge in [-0.2, -0.15) is 0 Å². The molecule has 2 heterocycles. The number of sulfonamides is 1. The van der Waals surface area contributed by atoms with E-state index >= 15 is 0 Å². The first-order valence-corrected chi connectivity index (χ1v) is 10.0. The number of carbonyl (C=O) groups is 2. The number of hydrogen-bond acceptors (Lipinski definition) is 4. The van der Waals surface area contributed by atoms with Gasteiger partial charge in [-0.05, 0) is 55.7 Å². The molecule has 1 atom stereocenters. The number of benzene rings is 2. The highest BCUT2D eigenvalue weighted by molar-refractivity contribution is 7.90. The van der Waals surface area contributed by atoms with Crippen molar-refractivity contribution in [3.05, 3.63) is 59.4 Å². The van der Waals surface area contributed by atoms with Crippen molar-refractivity contribution < 1.29 is 22.4 Å². The van der Waals surface area contributed by atoms with E-state index in [1.165, 1.54) is 41.3 Å². The lowest BCUT2D eigenvalue weighted by Crippen LogP contribution is -2.48. The molecule has 2 aliphatic heterocycles. The largest absolute Gasteiger partial charge is 0.308 e. The van der Waals surface area contributed by atoms with E-state index < -0.39 is 28.4 Å². The minimum Gasteiger partial charge on any atom is -0.308 e. The summed E-state index contributed by atoms with van der Waals surface area (Å²) in [5, 5.41) is 0. The zero-order valence-corrected chi connectivity index (χ0v) is 15.4. The Labute approximate surface area is 156 Å². The minimum absolute atomic E-state index is 0.0689. The van der Waals surface area contributed by atoms with Crippen LogP contribution in [0.5, 0.6) is 0 Å². The molecule has 2 amide bonds. The fraction of sp³-hybridized carbons (Fsp3) is 0.263. The molecule has 27 heavy (non-hydrogen) atoms. The first-order valence-electron chi connectivity index (χ1n) is 8.57. The molecule has 2 aliphatic rings. The fourth-order valence-corrected chi connectivity index (χ4v) is 5.20. The molecule has 0 N–H and O–H groups in total. The first kappa shape index (κ1) is 17.7. The molecule has 0 saturated heterocycles. The van der Waals surface area contributed by atoms with Crippen molar-refractivity contribution in [2.45, 2.75) is 30.7 Å². The van der Waals surface area contributed by atoms with Gasteiger partial charge in [0.15, 0.2) is 0 Å². The van der Waals surface area contributed by atoms with Crippen molar-refractivity contribution in [1.29, 1.82) is 0 Å². The van der Waals surface area contributed by atoms with Crippen molar-refractivity contribution in [1.82, 2.24) is 4.31 Å². The van der Waals surface area contributed by atoms with E-state index in [1.54, 1.807) is 6.07 Å². The van der Waals surface area contributed by atoms with Crippen LogP contribution in [0.2, 0.25) is 0 Å². The Kier molecular flexibility index (Phi) is 4.03. The van der Waals surface area contributed by atoms with Crippen LogP contribution in [-0.2, 0) is 21.2 Å². The molecule has 4 rings (SSSR count). The molecule has 0 unspecified atom stereocenters. The van der Waals surface area contributed by atoms with Crippen LogP contribution in [0, 0.1) is 5.82 Å². The molecule has 0 aliphatic carbocycles. The van der Waals surface area contributed by atoms with Gasteiger partial charge >= 0.3 is 0 Å². The summed E-state index contributed by atoms with van der Waals surface area (Å²) >= 11 is 0. The number of carbonyl (C=O) groups excluding carboxylic acids is 2. The summed E-state index contributed by atoms with van der Waals surface area (Å²) in [6, 6.07) is 9.89. The lowest BCUT2D eigenvalue weighted by molar-refractivity contribution is -0.119. The molecular weight excluding hydrogens is 371 g/mol. The van der Waals surface area contributed by atoms with Crippen molar-refractivity contribution >= 4 is 27.5 Å². The van der Waals surface area contributed by atoms with Crippen molar-refractivity contribution in [3.8, 4) is 0 Å². The summed E-state index contributed by atoms with van der Waals surface area (Å²) < 4.78 is 39.5. The van der Waals surface area contributed by atoms with E-state index in [0.29, 0.717) is 28.4 Å². The summed E-state index contributed by atoms with van der Waals surface area (Å²) in [7, 11) is -4.05. The van der Waals surface area contributed by atoms with Gasteiger partial charge in [0.1, 0.15) is 17.3 Å². The molecule has 0 spiro atoms. The zero-order valence-electron chi connectivity index (χ0n) is 14.6. The highest BCUT2D eigenvalue weighted by Crippen LogP contribution is 2.33. The Balaban J connectivity index is 1.67. The lowest BCUT2D eigenvalue weighted by atomic mass is 9.96. The second-order valence-electron chi connectivity index (χ2n) is 6.74. The molecule has 0 aromatic heterocycles. The number of nitrogens with zero attached hydrogens (tertiary/aromatic N) is 2. The van der Waals surface area contributed by atoms with E-state index in [-0.39, 0.29) is 22.3 Å². The average Bonchev–Trinajstić information content (AvgIpc) is 2.83. The van der Waals surface area contributed by atoms with Gasteiger partial charge < -0.3 is 4.90 Å². The predicted octanol–water partition coefficient (Wildman–Crippen LogP) is 2.34. The maximum absolute atomic E-state index is 13.5. The number of hydrogen-bond donors (Lipinski definition) is 0. The zero-order chi connectivity index (χ0) is 19.3. The van der Waals surface area contributed by atoms with E-state index in [2.05, 4.69) is 0 Å². The van der Waals surface area contributed by atoms with Gasteiger partial charge in [-0.25, -0.2) is 17.1 Å². The van der Waals surface area contributed by atoms with Gasteiger partial charge in [0, 0.05) is 11.7 Å². The number of rotatable bonds is 2. The van der Waals surface area contributed by atoms with E-state index in [9.17, 15) is 22.4 Å². The van der Waals surface area contributed by atoms with Crippen LogP contribution in [0.4, 0.5) is 10.1 Å². The maximum Gasteiger partial charge on any atom is 0.269 e. The number of halogens is 1. The third kappa shape index (κ3) is 2.71. The highest BCUT2D eigenvalue weighted by atomic mass is 32.2. The molecule has 2 aromatic rings. The van der Waals surface area contributed by atoms with Crippen LogP contribution >= 0.6 is 0 Å². The number of anilines is 1. The number of amides is 2. The summed E-state index contributed by atoms with van der Waals surface area (Å²) in [4.78, 5) is 26.9.